The molecule has 13 nitrogen and oxygen atoms in total. The topological polar surface area (TPSA) is 147 Å². The third-order valence-electron chi connectivity index (χ3n) is 9.67. The smallest absolute Gasteiger partial charge is 0.431 e. The number of hydroxylamine groups is 1. The molecule has 2 N–H and O–H groups in total. The summed E-state index contributed by atoms with van der Waals surface area (Å²) < 4.78 is 11.1. The summed E-state index contributed by atoms with van der Waals surface area (Å²) in [6.07, 6.45) is 1.95. The average Bonchev–Trinajstić information content (AvgIpc) is 3.52. The van der Waals surface area contributed by atoms with Gasteiger partial charge in [0.15, 0.2) is 0 Å². The molecule has 2 amide bonds. The van der Waals surface area contributed by atoms with E-state index in [4.69, 9.17) is 24.6 Å². The SMILES string of the molecule is C=C(COC(=O)NO)C(=O)N1CCN(c2nc(OC[C@@H]3CCCN3C)nc3c2CCN(c2cccc4cccc(C)c24)C3)C[C@@H]1CC#N. The zero-order chi connectivity index (χ0) is 33.8. The van der Waals surface area contributed by atoms with E-state index >= 15 is 0 Å². The van der Waals surface area contributed by atoms with Gasteiger partial charge in [-0.25, -0.2) is 10.3 Å². The summed E-state index contributed by atoms with van der Waals surface area (Å²) in [6.45, 7) is 9.63. The van der Waals surface area contributed by atoms with Gasteiger partial charge in [-0.05, 0) is 56.8 Å². The van der Waals surface area contributed by atoms with Crippen molar-refractivity contribution in [2.45, 2.75) is 51.2 Å². The Bertz CT molecular complexity index is 1740. The molecule has 48 heavy (non-hydrogen) atoms. The summed E-state index contributed by atoms with van der Waals surface area (Å²) in [5.41, 5.74) is 5.78. The minimum absolute atomic E-state index is 0.0470. The molecule has 0 aliphatic carbocycles. The van der Waals surface area contributed by atoms with Crippen molar-refractivity contribution >= 4 is 34.3 Å². The number of nitrogens with one attached hydrogen (secondary N) is 1. The van der Waals surface area contributed by atoms with Crippen molar-refractivity contribution in [3.05, 3.63) is 65.4 Å². The molecule has 3 aliphatic heterocycles. The highest BCUT2D eigenvalue weighted by Crippen LogP contribution is 2.36. The van der Waals surface area contributed by atoms with Crippen LogP contribution < -0.4 is 20.0 Å². The van der Waals surface area contributed by atoms with Crippen LogP contribution in [0.2, 0.25) is 0 Å². The van der Waals surface area contributed by atoms with Crippen LogP contribution in [-0.2, 0) is 22.5 Å². The Hall–Kier alpha value is -4.93. The fourth-order valence-electron chi connectivity index (χ4n) is 7.09. The lowest BCUT2D eigenvalue weighted by Gasteiger charge is -2.42. The number of aromatic nitrogens is 2. The Balaban J connectivity index is 1.28. The molecule has 4 heterocycles. The third-order valence-corrected chi connectivity index (χ3v) is 9.67. The molecule has 6 rings (SSSR count). The highest BCUT2D eigenvalue weighted by atomic mass is 16.6. The van der Waals surface area contributed by atoms with Gasteiger partial charge in [-0.1, -0.05) is 36.9 Å². The lowest BCUT2D eigenvalue weighted by atomic mass is 9.99. The lowest BCUT2D eigenvalue weighted by Crippen LogP contribution is -2.56. The van der Waals surface area contributed by atoms with Crippen LogP contribution in [-0.4, -0.2) is 102 Å². The van der Waals surface area contributed by atoms with Gasteiger partial charge in [0.25, 0.3) is 5.91 Å². The van der Waals surface area contributed by atoms with Gasteiger partial charge in [-0.2, -0.15) is 15.2 Å². The number of anilines is 2. The van der Waals surface area contributed by atoms with Crippen LogP contribution in [0.25, 0.3) is 10.8 Å². The monoisotopic (exact) mass is 654 g/mol. The first kappa shape index (κ1) is 33.0. The van der Waals surface area contributed by atoms with Crippen LogP contribution in [0.4, 0.5) is 16.3 Å². The van der Waals surface area contributed by atoms with E-state index in [1.807, 2.05) is 0 Å². The van der Waals surface area contributed by atoms with Gasteiger partial charge >= 0.3 is 12.1 Å². The summed E-state index contributed by atoms with van der Waals surface area (Å²) in [4.78, 5) is 43.0. The number of aryl methyl sites for hydroxylation is 1. The average molecular weight is 655 g/mol. The largest absolute Gasteiger partial charge is 0.462 e. The van der Waals surface area contributed by atoms with Gasteiger partial charge in [-0.15, -0.1) is 0 Å². The molecule has 3 aromatic rings. The molecule has 252 valence electrons. The number of likely N-dealkylation sites (tertiary alicyclic amines) is 1. The van der Waals surface area contributed by atoms with E-state index in [-0.39, 0.29) is 18.6 Å². The van der Waals surface area contributed by atoms with E-state index in [0.717, 1.165) is 49.4 Å². The maximum absolute atomic E-state index is 13.3. The second-order valence-corrected chi connectivity index (χ2v) is 12.7. The number of piperazine rings is 1. The molecule has 0 radical (unpaired) electrons. The normalized spacial score (nSPS) is 19.5. The Kier molecular flexibility index (Phi) is 9.93. The van der Waals surface area contributed by atoms with Gasteiger partial charge in [-0.3, -0.25) is 10.0 Å². The number of ether oxygens (including phenoxy) is 2. The summed E-state index contributed by atoms with van der Waals surface area (Å²) in [5, 5.41) is 20.8. The lowest BCUT2D eigenvalue weighted by molar-refractivity contribution is -0.130. The molecule has 2 fully saturated rings. The van der Waals surface area contributed by atoms with Gasteiger partial charge in [0.05, 0.1) is 30.8 Å². The molecule has 0 unspecified atom stereocenters. The van der Waals surface area contributed by atoms with Crippen LogP contribution >= 0.6 is 0 Å². The minimum atomic E-state index is -1.08. The Labute approximate surface area is 280 Å². The van der Waals surface area contributed by atoms with E-state index in [9.17, 15) is 14.9 Å². The van der Waals surface area contributed by atoms with E-state index in [2.05, 4.69) is 77.7 Å². The van der Waals surface area contributed by atoms with E-state index in [1.165, 1.54) is 27.5 Å². The van der Waals surface area contributed by atoms with Crippen LogP contribution in [0.5, 0.6) is 6.01 Å². The predicted octanol–water partition coefficient (Wildman–Crippen LogP) is 3.58. The quantitative estimate of drug-likeness (QED) is 0.198. The van der Waals surface area contributed by atoms with Crippen molar-refractivity contribution < 1.29 is 24.3 Å². The van der Waals surface area contributed by atoms with E-state index in [0.29, 0.717) is 44.8 Å². The van der Waals surface area contributed by atoms with Gasteiger partial charge in [0.1, 0.15) is 19.0 Å². The maximum Gasteiger partial charge on any atom is 0.431 e. The van der Waals surface area contributed by atoms with Crippen molar-refractivity contribution in [3.63, 3.8) is 0 Å². The third kappa shape index (κ3) is 6.86. The van der Waals surface area contributed by atoms with Crippen molar-refractivity contribution in [2.24, 2.45) is 0 Å². The zero-order valence-corrected chi connectivity index (χ0v) is 27.5. The molecular formula is C35H42N8O5. The first-order chi connectivity index (χ1) is 23.3. The van der Waals surface area contributed by atoms with Gasteiger partial charge < -0.3 is 29.1 Å². The number of fused-ring (bicyclic) bond motifs is 2. The highest BCUT2D eigenvalue weighted by Gasteiger charge is 2.35. The van der Waals surface area contributed by atoms with E-state index < -0.39 is 18.0 Å². The number of rotatable bonds is 9. The molecular weight excluding hydrogens is 612 g/mol. The number of carbonyl (C=O) groups is 2. The summed E-state index contributed by atoms with van der Waals surface area (Å²) in [6, 6.07) is 15.2. The zero-order valence-electron chi connectivity index (χ0n) is 27.5. The number of nitriles is 1. The number of amides is 2. The molecule has 13 heteroatoms. The van der Waals surface area contributed by atoms with E-state index in [1.54, 1.807) is 4.90 Å². The van der Waals surface area contributed by atoms with Crippen molar-refractivity contribution in [3.8, 4) is 12.1 Å². The number of benzene rings is 2. The van der Waals surface area contributed by atoms with Crippen molar-refractivity contribution in [1.82, 2.24) is 25.2 Å². The van der Waals surface area contributed by atoms with Crippen molar-refractivity contribution in [2.75, 3.05) is 62.8 Å². The van der Waals surface area contributed by atoms with Crippen molar-refractivity contribution in [1.29, 1.82) is 5.26 Å². The fraction of sp³-hybridized carbons (Fsp3) is 0.457. The van der Waals surface area contributed by atoms with Gasteiger partial charge in [0, 0.05) is 54.4 Å². The molecule has 0 spiro atoms. The Morgan fingerprint density at radius 1 is 1.10 bits per heavy atom. The Morgan fingerprint density at radius 2 is 1.92 bits per heavy atom. The second-order valence-electron chi connectivity index (χ2n) is 12.7. The number of hydrogen-bond donors (Lipinski definition) is 2. The number of nitrogens with zero attached hydrogens (tertiary/aromatic N) is 7. The summed E-state index contributed by atoms with van der Waals surface area (Å²) >= 11 is 0. The first-order valence-corrected chi connectivity index (χ1v) is 16.4. The maximum atomic E-state index is 13.3. The second kappa shape index (κ2) is 14.5. The highest BCUT2D eigenvalue weighted by molar-refractivity contribution is 5.97. The molecule has 0 bridgehead atoms. The molecule has 3 aliphatic rings. The molecule has 2 saturated heterocycles. The number of carbonyl (C=O) groups excluding carboxylic acids is 2. The minimum Gasteiger partial charge on any atom is -0.462 e. The van der Waals surface area contributed by atoms with Crippen LogP contribution in [0.3, 0.4) is 0 Å². The number of hydrogen-bond acceptors (Lipinski definition) is 11. The standard InChI is InChI=1S/C35H42N8O5/c1-23-7-4-8-25-9-5-11-30(31(23)25)41-16-13-28-29(20-41)37-34(47-22-27-10-6-15-40(27)3)38-32(28)42-17-18-43(26(19-42)12-14-36)33(44)24(2)21-48-35(45)39-46/h4-5,7-9,11,26-27,46H,2,6,10,12-13,15-22H2,1,3H3,(H,39,45)/t26-,27-/m0/s1. The summed E-state index contributed by atoms with van der Waals surface area (Å²) in [5.74, 6) is 0.372. The van der Waals surface area contributed by atoms with Crippen LogP contribution in [0.1, 0.15) is 36.1 Å². The predicted molar refractivity (Wildman–Crippen MR) is 180 cm³/mol. The number of likely N-dealkylation sites (N-methyl/N-ethyl adjacent to an activating group) is 1. The molecule has 0 saturated carbocycles. The molecule has 2 aromatic carbocycles. The van der Waals surface area contributed by atoms with Crippen LogP contribution in [0, 0.1) is 18.3 Å². The molecule has 1 aromatic heterocycles. The first-order valence-electron chi connectivity index (χ1n) is 16.4. The summed E-state index contributed by atoms with van der Waals surface area (Å²) in [7, 11) is 2.11. The van der Waals surface area contributed by atoms with Crippen LogP contribution in [0.15, 0.2) is 48.6 Å². The fourth-order valence-corrected chi connectivity index (χ4v) is 7.09. The molecule has 2 atom stereocenters. The Morgan fingerprint density at radius 3 is 2.67 bits per heavy atom. The van der Waals surface area contributed by atoms with Gasteiger partial charge in [0.2, 0.25) is 0 Å².